The maximum absolute atomic E-state index is 13.7. The highest BCUT2D eigenvalue weighted by Crippen LogP contribution is 2.38. The van der Waals surface area contributed by atoms with Gasteiger partial charge in [-0.15, -0.1) is 5.73 Å². The normalized spacial score (nSPS) is 14.7. The SMILES string of the molecule is C=C(CC[C@@H](C)N(CC(C)C)C(=O)OC(C)(C)C)c1c(C)cnc2cc(C3=CC(C(F)(F)F)=CC=C=C3C)cc(CC)c12. The van der Waals surface area contributed by atoms with Crippen molar-refractivity contribution < 1.29 is 22.7 Å². The fourth-order valence-corrected chi connectivity index (χ4v) is 5.33. The number of ether oxygens (including phenoxy) is 1. The summed E-state index contributed by atoms with van der Waals surface area (Å²) in [5.74, 6) is 0.283. The lowest BCUT2D eigenvalue weighted by atomic mass is 9.88. The number of aryl methyl sites for hydroxylation is 2. The van der Waals surface area contributed by atoms with Gasteiger partial charge in [0.1, 0.15) is 5.60 Å². The van der Waals surface area contributed by atoms with E-state index in [0.717, 1.165) is 33.7 Å². The molecule has 232 valence electrons. The number of carbonyl (C=O) groups excluding carboxylic acids is 1. The number of fused-ring (bicyclic) bond motifs is 1. The number of pyridine rings is 1. The zero-order valence-corrected chi connectivity index (χ0v) is 27.0. The molecule has 43 heavy (non-hydrogen) atoms. The second-order valence-corrected chi connectivity index (χ2v) is 12.8. The van der Waals surface area contributed by atoms with E-state index in [1.807, 2.05) is 53.7 Å². The summed E-state index contributed by atoms with van der Waals surface area (Å²) in [6, 6.07) is 3.75. The summed E-state index contributed by atoms with van der Waals surface area (Å²) in [4.78, 5) is 19.5. The van der Waals surface area contributed by atoms with Gasteiger partial charge in [0.15, 0.2) is 0 Å². The van der Waals surface area contributed by atoms with Gasteiger partial charge in [-0.05, 0) is 130 Å². The van der Waals surface area contributed by atoms with Crippen molar-refractivity contribution in [2.45, 2.75) is 99.4 Å². The lowest BCUT2D eigenvalue weighted by Gasteiger charge is -2.33. The fourth-order valence-electron chi connectivity index (χ4n) is 5.33. The van der Waals surface area contributed by atoms with Crippen LogP contribution in [0.1, 0.15) is 90.5 Å². The van der Waals surface area contributed by atoms with Crippen LogP contribution < -0.4 is 0 Å². The number of nitrogens with zero attached hydrogens (tertiary/aromatic N) is 2. The minimum Gasteiger partial charge on any atom is -0.444 e. The molecule has 3 rings (SSSR count). The van der Waals surface area contributed by atoms with Crippen LogP contribution in [0.4, 0.5) is 18.0 Å². The summed E-state index contributed by atoms with van der Waals surface area (Å²) in [6.45, 7) is 22.6. The number of benzene rings is 1. The van der Waals surface area contributed by atoms with Crippen LogP contribution in [0.25, 0.3) is 22.0 Å². The van der Waals surface area contributed by atoms with Crippen LogP contribution in [0.3, 0.4) is 0 Å². The summed E-state index contributed by atoms with van der Waals surface area (Å²) in [6.07, 6.45) is 2.59. The molecule has 0 fully saturated rings. The number of allylic oxidation sites excluding steroid dienone is 6. The monoisotopic (exact) mass is 594 g/mol. The molecule has 1 aromatic heterocycles. The third-order valence-corrected chi connectivity index (χ3v) is 7.47. The summed E-state index contributed by atoms with van der Waals surface area (Å²) in [7, 11) is 0. The van der Waals surface area contributed by atoms with Crippen molar-refractivity contribution in [1.82, 2.24) is 9.88 Å². The number of halogens is 3. The number of rotatable bonds is 9. The predicted molar refractivity (Wildman–Crippen MR) is 171 cm³/mol. The molecule has 1 aromatic carbocycles. The summed E-state index contributed by atoms with van der Waals surface area (Å²) >= 11 is 0. The summed E-state index contributed by atoms with van der Waals surface area (Å²) in [5, 5.41) is 0.966. The Morgan fingerprint density at radius 3 is 2.40 bits per heavy atom. The van der Waals surface area contributed by atoms with E-state index in [0.29, 0.717) is 48.0 Å². The van der Waals surface area contributed by atoms with Gasteiger partial charge in [-0.25, -0.2) is 4.79 Å². The Morgan fingerprint density at radius 2 is 1.81 bits per heavy atom. The quantitative estimate of drug-likeness (QED) is 0.271. The van der Waals surface area contributed by atoms with Crippen LogP contribution in [0, 0.1) is 12.8 Å². The Kier molecular flexibility index (Phi) is 10.6. The van der Waals surface area contributed by atoms with Crippen molar-refractivity contribution in [3.63, 3.8) is 0 Å². The predicted octanol–water partition coefficient (Wildman–Crippen LogP) is 10.2. The number of alkyl halides is 3. The minimum atomic E-state index is -4.47. The van der Waals surface area contributed by atoms with E-state index in [9.17, 15) is 18.0 Å². The zero-order chi connectivity index (χ0) is 32.3. The van der Waals surface area contributed by atoms with E-state index < -0.39 is 17.4 Å². The maximum Gasteiger partial charge on any atom is 0.416 e. The number of hydrogen-bond donors (Lipinski definition) is 0. The average molecular weight is 595 g/mol. The molecule has 0 aliphatic heterocycles. The van der Waals surface area contributed by atoms with Crippen LogP contribution in [-0.4, -0.2) is 40.3 Å². The van der Waals surface area contributed by atoms with Crippen LogP contribution in [0.15, 0.2) is 60.0 Å². The standard InChI is InChI=1S/C36H45F3N2O2/c1-11-27-17-28(30-19-29(36(37,38)39)14-12-13-23(30)4)18-31-33(27)32(25(6)20-40-31)24(5)15-16-26(7)41(21-22(2)3)34(42)43-35(8,9)10/h12,14,17-20,22,26H,5,11,15-16,21H2,1-4,6-10H3/t26-/m1/s1. The zero-order valence-electron chi connectivity index (χ0n) is 27.0. The van der Waals surface area contributed by atoms with E-state index in [1.165, 1.54) is 12.2 Å². The topological polar surface area (TPSA) is 42.4 Å². The third-order valence-electron chi connectivity index (χ3n) is 7.47. The van der Waals surface area contributed by atoms with E-state index in [4.69, 9.17) is 9.72 Å². The average Bonchev–Trinajstić information content (AvgIpc) is 3.10. The molecule has 1 heterocycles. The van der Waals surface area contributed by atoms with E-state index in [-0.39, 0.29) is 18.1 Å². The van der Waals surface area contributed by atoms with Gasteiger partial charge in [0.25, 0.3) is 0 Å². The molecular weight excluding hydrogens is 549 g/mol. The second kappa shape index (κ2) is 13.4. The molecule has 0 unspecified atom stereocenters. The maximum atomic E-state index is 13.7. The first-order valence-corrected chi connectivity index (χ1v) is 15.0. The molecule has 1 aliphatic rings. The first kappa shape index (κ1) is 33.9. The Labute approximate surface area is 254 Å². The lowest BCUT2D eigenvalue weighted by molar-refractivity contribution is -0.0881. The second-order valence-electron chi connectivity index (χ2n) is 12.8. The molecule has 0 radical (unpaired) electrons. The van der Waals surface area contributed by atoms with Gasteiger partial charge in [-0.3, -0.25) is 4.98 Å². The number of carbonyl (C=O) groups is 1. The number of amides is 1. The van der Waals surface area contributed by atoms with Crippen molar-refractivity contribution in [3.8, 4) is 0 Å². The van der Waals surface area contributed by atoms with Crippen LogP contribution >= 0.6 is 0 Å². The lowest BCUT2D eigenvalue weighted by Crippen LogP contribution is -2.44. The molecule has 0 saturated carbocycles. The van der Waals surface area contributed by atoms with Gasteiger partial charge >= 0.3 is 12.3 Å². The highest BCUT2D eigenvalue weighted by molar-refractivity contribution is 5.97. The minimum absolute atomic E-state index is 0.0690. The van der Waals surface area contributed by atoms with Crippen molar-refractivity contribution in [3.05, 3.63) is 82.3 Å². The molecule has 1 aliphatic carbocycles. The van der Waals surface area contributed by atoms with Crippen molar-refractivity contribution in [1.29, 1.82) is 0 Å². The molecule has 1 amide bonds. The van der Waals surface area contributed by atoms with Gasteiger partial charge < -0.3 is 9.64 Å². The number of hydrogen-bond acceptors (Lipinski definition) is 3. The van der Waals surface area contributed by atoms with Gasteiger partial charge in [-0.2, -0.15) is 13.2 Å². The van der Waals surface area contributed by atoms with Crippen LogP contribution in [-0.2, 0) is 11.2 Å². The van der Waals surface area contributed by atoms with E-state index in [2.05, 4.69) is 26.2 Å². The Balaban J connectivity index is 1.99. The molecule has 4 nitrogen and oxygen atoms in total. The van der Waals surface area contributed by atoms with E-state index >= 15 is 0 Å². The smallest absolute Gasteiger partial charge is 0.416 e. The fraction of sp³-hybridized carbons (Fsp3) is 0.472. The van der Waals surface area contributed by atoms with Crippen LogP contribution in [0.5, 0.6) is 0 Å². The third kappa shape index (κ3) is 8.51. The van der Waals surface area contributed by atoms with Crippen LogP contribution in [0.2, 0.25) is 0 Å². The Hall–Kier alpha value is -3.57. The molecular formula is C36H45F3N2O2. The van der Waals surface area contributed by atoms with Gasteiger partial charge in [0.05, 0.1) is 11.1 Å². The van der Waals surface area contributed by atoms with Crippen molar-refractivity contribution in [2.24, 2.45) is 5.92 Å². The van der Waals surface area contributed by atoms with Crippen molar-refractivity contribution in [2.75, 3.05) is 6.54 Å². The molecule has 2 aromatic rings. The highest BCUT2D eigenvalue weighted by atomic mass is 19.4. The molecule has 7 heteroatoms. The first-order chi connectivity index (χ1) is 19.9. The molecule has 0 spiro atoms. The highest BCUT2D eigenvalue weighted by Gasteiger charge is 2.33. The molecule has 0 bridgehead atoms. The largest absolute Gasteiger partial charge is 0.444 e. The molecule has 0 N–H and O–H groups in total. The summed E-state index contributed by atoms with van der Waals surface area (Å²) < 4.78 is 46.7. The molecule has 0 saturated heterocycles. The van der Waals surface area contributed by atoms with E-state index in [1.54, 1.807) is 18.0 Å². The summed E-state index contributed by atoms with van der Waals surface area (Å²) in [5.41, 5.74) is 8.04. The van der Waals surface area contributed by atoms with Crippen molar-refractivity contribution >= 4 is 28.1 Å². The Bertz CT molecular complexity index is 1510. The van der Waals surface area contributed by atoms with Gasteiger partial charge in [-0.1, -0.05) is 33.4 Å². The number of aromatic nitrogens is 1. The Morgan fingerprint density at radius 1 is 1.14 bits per heavy atom. The van der Waals surface area contributed by atoms with Gasteiger partial charge in [0, 0.05) is 24.2 Å². The molecule has 1 atom stereocenters. The van der Waals surface area contributed by atoms with Gasteiger partial charge in [0.2, 0.25) is 0 Å². The first-order valence-electron chi connectivity index (χ1n) is 15.0.